The number of carbonyl (C=O) groups excluding carboxylic acids is 3. The Morgan fingerprint density at radius 1 is 1.09 bits per heavy atom. The first-order chi connectivity index (χ1) is 16.3. The van der Waals surface area contributed by atoms with E-state index in [2.05, 4.69) is 17.6 Å². The summed E-state index contributed by atoms with van der Waals surface area (Å²) < 4.78 is 5.24. The van der Waals surface area contributed by atoms with Crippen molar-refractivity contribution in [1.82, 2.24) is 10.2 Å². The van der Waals surface area contributed by atoms with Crippen LogP contribution in [0.1, 0.15) is 67.6 Å². The van der Waals surface area contributed by atoms with Crippen LogP contribution < -0.4 is 10.6 Å². The molecule has 34 heavy (non-hydrogen) atoms. The van der Waals surface area contributed by atoms with Gasteiger partial charge in [-0.15, -0.1) is 0 Å². The predicted octanol–water partition coefficient (Wildman–Crippen LogP) is 5.20. The first-order valence-corrected chi connectivity index (χ1v) is 11.8. The molecule has 0 bridgehead atoms. The van der Waals surface area contributed by atoms with Crippen molar-refractivity contribution in [3.63, 3.8) is 0 Å². The summed E-state index contributed by atoms with van der Waals surface area (Å²) in [4.78, 5) is 39.3. The van der Waals surface area contributed by atoms with E-state index in [-0.39, 0.29) is 18.5 Å². The molecule has 2 aromatic rings. The van der Waals surface area contributed by atoms with Crippen LogP contribution in [-0.2, 0) is 16.0 Å². The number of anilines is 1. The quantitative estimate of drug-likeness (QED) is 0.395. The van der Waals surface area contributed by atoms with Crippen LogP contribution in [0, 0.1) is 0 Å². The normalized spacial score (nSPS) is 15.7. The van der Waals surface area contributed by atoms with Gasteiger partial charge in [-0.1, -0.05) is 44.0 Å². The van der Waals surface area contributed by atoms with E-state index < -0.39 is 12.0 Å². The van der Waals surface area contributed by atoms with Crippen LogP contribution in [-0.4, -0.2) is 36.5 Å². The van der Waals surface area contributed by atoms with Gasteiger partial charge in [-0.3, -0.25) is 4.79 Å². The zero-order chi connectivity index (χ0) is 24.7. The average Bonchev–Trinajstić information content (AvgIpc) is 2.83. The van der Waals surface area contributed by atoms with E-state index in [1.54, 1.807) is 39.1 Å². The van der Waals surface area contributed by atoms with Gasteiger partial charge in [-0.25, -0.2) is 9.59 Å². The van der Waals surface area contributed by atoms with Crippen LogP contribution in [0.5, 0.6) is 0 Å². The highest BCUT2D eigenvalue weighted by atomic mass is 16.5. The molecule has 0 aliphatic carbocycles. The summed E-state index contributed by atoms with van der Waals surface area (Å²) >= 11 is 0. The second-order valence-corrected chi connectivity index (χ2v) is 8.39. The lowest BCUT2D eigenvalue weighted by Crippen LogP contribution is -2.46. The average molecular weight is 464 g/mol. The summed E-state index contributed by atoms with van der Waals surface area (Å²) in [5.74, 6) is -0.702. The molecule has 7 heteroatoms. The van der Waals surface area contributed by atoms with Crippen molar-refractivity contribution in [2.24, 2.45) is 0 Å². The minimum absolute atomic E-state index is 0.220. The third-order valence-electron chi connectivity index (χ3n) is 6.01. The van der Waals surface area contributed by atoms with Crippen molar-refractivity contribution < 1.29 is 19.1 Å². The van der Waals surface area contributed by atoms with Crippen LogP contribution >= 0.6 is 0 Å². The number of hydrogen-bond donors (Lipinski definition) is 2. The number of urea groups is 1. The maximum atomic E-state index is 12.8. The maximum absolute atomic E-state index is 12.8. The minimum atomic E-state index is -0.679. The van der Waals surface area contributed by atoms with E-state index in [1.165, 1.54) is 23.3 Å². The maximum Gasteiger partial charge on any atom is 0.338 e. The third kappa shape index (κ3) is 5.84. The number of ether oxygens (including phenoxy) is 1. The Balaban J connectivity index is 1.79. The molecule has 1 unspecified atom stereocenters. The molecule has 180 valence electrons. The Kier molecular flexibility index (Phi) is 8.46. The SMILES string of the molecule is CCCCCc1ccc(C(=O)Nc2cccc(C3NC(=O)N(C)C(C)=C3C(=O)OCC)c2)cc1. The first-order valence-electron chi connectivity index (χ1n) is 11.8. The number of amides is 3. The monoisotopic (exact) mass is 463 g/mol. The van der Waals surface area contributed by atoms with Gasteiger partial charge < -0.3 is 20.3 Å². The van der Waals surface area contributed by atoms with Crippen LogP contribution in [0.15, 0.2) is 59.8 Å². The van der Waals surface area contributed by atoms with Crippen LogP contribution in [0.25, 0.3) is 0 Å². The molecule has 1 atom stereocenters. The topological polar surface area (TPSA) is 87.7 Å². The Bertz CT molecular complexity index is 1080. The second-order valence-electron chi connectivity index (χ2n) is 8.39. The van der Waals surface area contributed by atoms with Gasteiger partial charge in [0.05, 0.1) is 18.2 Å². The van der Waals surface area contributed by atoms with E-state index in [1.807, 2.05) is 30.3 Å². The van der Waals surface area contributed by atoms with Crippen LogP contribution in [0.4, 0.5) is 10.5 Å². The van der Waals surface area contributed by atoms with Crippen LogP contribution in [0.3, 0.4) is 0 Å². The summed E-state index contributed by atoms with van der Waals surface area (Å²) in [6.45, 7) is 5.86. The fraction of sp³-hybridized carbons (Fsp3) is 0.370. The van der Waals surface area contributed by atoms with Crippen molar-refractivity contribution in [2.75, 3.05) is 19.0 Å². The summed E-state index contributed by atoms with van der Waals surface area (Å²) in [6.07, 6.45) is 4.53. The molecule has 3 rings (SSSR count). The van der Waals surface area contributed by atoms with Crippen molar-refractivity contribution >= 4 is 23.6 Å². The number of hydrogen-bond acceptors (Lipinski definition) is 4. The van der Waals surface area contributed by atoms with Gasteiger partial charge in [0, 0.05) is 24.0 Å². The Morgan fingerprint density at radius 2 is 1.82 bits per heavy atom. The molecule has 1 aliphatic heterocycles. The van der Waals surface area contributed by atoms with Crippen molar-refractivity contribution in [3.05, 3.63) is 76.5 Å². The van der Waals surface area contributed by atoms with Gasteiger partial charge >= 0.3 is 12.0 Å². The van der Waals surface area contributed by atoms with E-state index in [4.69, 9.17) is 4.74 Å². The third-order valence-corrected chi connectivity index (χ3v) is 6.01. The number of nitrogens with one attached hydrogen (secondary N) is 2. The number of nitrogens with zero attached hydrogens (tertiary/aromatic N) is 1. The van der Waals surface area contributed by atoms with E-state index in [9.17, 15) is 14.4 Å². The molecule has 1 aliphatic rings. The molecule has 2 N–H and O–H groups in total. The number of carbonyl (C=O) groups is 3. The van der Waals surface area contributed by atoms with Crippen molar-refractivity contribution in [3.8, 4) is 0 Å². The lowest BCUT2D eigenvalue weighted by molar-refractivity contribution is -0.139. The zero-order valence-corrected chi connectivity index (χ0v) is 20.3. The fourth-order valence-electron chi connectivity index (χ4n) is 3.96. The molecule has 1 heterocycles. The first kappa shape index (κ1) is 25.0. The lowest BCUT2D eigenvalue weighted by atomic mass is 9.94. The van der Waals surface area contributed by atoms with Gasteiger partial charge in [0.2, 0.25) is 0 Å². The number of benzene rings is 2. The number of aryl methyl sites for hydroxylation is 1. The molecular weight excluding hydrogens is 430 g/mol. The van der Waals surface area contributed by atoms with E-state index in [0.29, 0.717) is 28.1 Å². The highest BCUT2D eigenvalue weighted by Crippen LogP contribution is 2.31. The molecule has 7 nitrogen and oxygen atoms in total. The number of unbranched alkanes of at least 4 members (excludes halogenated alkanes) is 2. The number of rotatable bonds is 9. The Hall–Kier alpha value is -3.61. The highest BCUT2D eigenvalue weighted by molar-refractivity contribution is 6.04. The molecule has 0 saturated heterocycles. The summed E-state index contributed by atoms with van der Waals surface area (Å²) in [5.41, 5.74) is 3.93. The summed E-state index contributed by atoms with van der Waals surface area (Å²) in [5, 5.41) is 5.77. The zero-order valence-electron chi connectivity index (χ0n) is 20.3. The number of esters is 1. The molecule has 0 aromatic heterocycles. The van der Waals surface area contributed by atoms with Gasteiger partial charge in [0.1, 0.15) is 0 Å². The molecule has 3 amide bonds. The highest BCUT2D eigenvalue weighted by Gasteiger charge is 2.35. The minimum Gasteiger partial charge on any atom is -0.463 e. The van der Waals surface area contributed by atoms with Gasteiger partial charge in [-0.05, 0) is 62.1 Å². The van der Waals surface area contributed by atoms with Gasteiger partial charge in [0.15, 0.2) is 0 Å². The fourth-order valence-corrected chi connectivity index (χ4v) is 3.96. The van der Waals surface area contributed by atoms with Gasteiger partial charge in [0.25, 0.3) is 5.91 Å². The predicted molar refractivity (Wildman–Crippen MR) is 132 cm³/mol. The molecule has 2 aromatic carbocycles. The second kappa shape index (κ2) is 11.5. The Morgan fingerprint density at radius 3 is 2.50 bits per heavy atom. The molecule has 0 fully saturated rings. The summed E-state index contributed by atoms with van der Waals surface area (Å²) in [7, 11) is 1.60. The molecule has 0 radical (unpaired) electrons. The van der Waals surface area contributed by atoms with E-state index in [0.717, 1.165) is 12.8 Å². The molecule has 0 spiro atoms. The van der Waals surface area contributed by atoms with E-state index >= 15 is 0 Å². The summed E-state index contributed by atoms with van der Waals surface area (Å²) in [6, 6.07) is 13.8. The molecule has 0 saturated carbocycles. The van der Waals surface area contributed by atoms with Crippen LogP contribution in [0.2, 0.25) is 0 Å². The molecular formula is C27H33N3O4. The lowest BCUT2D eigenvalue weighted by Gasteiger charge is -2.33. The Labute approximate surface area is 201 Å². The standard InChI is InChI=1S/C27H33N3O4/c1-5-7-8-10-19-13-15-20(16-14-19)25(31)28-22-12-9-11-21(17-22)24-23(26(32)34-6-2)18(3)30(4)27(33)29-24/h9,11-17,24H,5-8,10H2,1-4H3,(H,28,31)(H,29,33). The largest absolute Gasteiger partial charge is 0.463 e. The van der Waals surface area contributed by atoms with Gasteiger partial charge in [-0.2, -0.15) is 0 Å². The number of allylic oxidation sites excluding steroid dienone is 1. The smallest absolute Gasteiger partial charge is 0.338 e. The van der Waals surface area contributed by atoms with Crippen molar-refractivity contribution in [1.29, 1.82) is 0 Å². The van der Waals surface area contributed by atoms with Crippen molar-refractivity contribution in [2.45, 2.75) is 52.5 Å².